The second kappa shape index (κ2) is 14.0. The van der Waals surface area contributed by atoms with Crippen molar-refractivity contribution < 1.29 is 14.3 Å². The summed E-state index contributed by atoms with van der Waals surface area (Å²) in [4.78, 5) is 23.4. The van der Waals surface area contributed by atoms with E-state index >= 15 is 0 Å². The highest BCUT2D eigenvalue weighted by molar-refractivity contribution is 5.83. The van der Waals surface area contributed by atoms with Gasteiger partial charge in [-0.15, -0.1) is 0 Å². The number of allylic oxidation sites excluding steroid dienone is 1. The summed E-state index contributed by atoms with van der Waals surface area (Å²) in [6.45, 7) is 4.90. The molecule has 1 aliphatic rings. The number of ether oxygens (including phenoxy) is 1. The Morgan fingerprint density at radius 1 is 1.04 bits per heavy atom. The van der Waals surface area contributed by atoms with Crippen LogP contribution in [0.15, 0.2) is 11.6 Å². The summed E-state index contributed by atoms with van der Waals surface area (Å²) in [5, 5.41) is 5.73. The molecule has 5 nitrogen and oxygen atoms in total. The summed E-state index contributed by atoms with van der Waals surface area (Å²) in [6, 6.07) is 0. The van der Waals surface area contributed by atoms with Crippen molar-refractivity contribution >= 4 is 11.8 Å². The van der Waals surface area contributed by atoms with Crippen LogP contribution in [0.5, 0.6) is 0 Å². The summed E-state index contributed by atoms with van der Waals surface area (Å²) in [6.07, 6.45) is 11.7. The maximum absolute atomic E-state index is 11.7. The molecule has 0 heterocycles. The Morgan fingerprint density at radius 2 is 1.75 bits per heavy atom. The predicted molar refractivity (Wildman–Crippen MR) is 96.8 cm³/mol. The van der Waals surface area contributed by atoms with Crippen molar-refractivity contribution in [3.8, 4) is 0 Å². The van der Waals surface area contributed by atoms with Gasteiger partial charge in [0.2, 0.25) is 11.8 Å². The second-order valence-corrected chi connectivity index (χ2v) is 6.38. The number of carbonyl (C=O) groups is 2. The lowest BCUT2D eigenvalue weighted by molar-refractivity contribution is -0.126. The van der Waals surface area contributed by atoms with Gasteiger partial charge in [0.15, 0.2) is 0 Å². The third kappa shape index (κ3) is 11.2. The van der Waals surface area contributed by atoms with Crippen LogP contribution in [0.1, 0.15) is 71.1 Å². The number of hydrogen-bond acceptors (Lipinski definition) is 3. The molecule has 1 rings (SSSR count). The van der Waals surface area contributed by atoms with Crippen molar-refractivity contribution in [1.82, 2.24) is 10.6 Å². The van der Waals surface area contributed by atoms with Gasteiger partial charge in [-0.25, -0.2) is 0 Å². The first-order chi connectivity index (χ1) is 11.7. The fourth-order valence-electron chi connectivity index (χ4n) is 2.65. The van der Waals surface area contributed by atoms with Crippen LogP contribution in [0.4, 0.5) is 0 Å². The van der Waals surface area contributed by atoms with Crippen molar-refractivity contribution in [3.63, 3.8) is 0 Å². The van der Waals surface area contributed by atoms with E-state index in [9.17, 15) is 9.59 Å². The number of hydrogen-bond donors (Lipinski definition) is 2. The first kappa shape index (κ1) is 20.7. The monoisotopic (exact) mass is 338 g/mol. The molecule has 0 fully saturated rings. The van der Waals surface area contributed by atoms with Crippen LogP contribution in [0.2, 0.25) is 0 Å². The number of nitrogens with one attached hydrogen (secondary N) is 2. The fourth-order valence-corrected chi connectivity index (χ4v) is 2.65. The van der Waals surface area contributed by atoms with Crippen LogP contribution >= 0.6 is 0 Å². The minimum Gasteiger partial charge on any atom is -0.381 e. The van der Waals surface area contributed by atoms with E-state index in [2.05, 4.69) is 23.6 Å². The molecule has 1 aliphatic carbocycles. The third-order valence-electron chi connectivity index (χ3n) is 4.16. The number of rotatable bonds is 13. The maximum Gasteiger partial charge on any atom is 0.220 e. The average Bonchev–Trinajstić information content (AvgIpc) is 2.60. The molecule has 0 saturated heterocycles. The zero-order valence-electron chi connectivity index (χ0n) is 15.2. The van der Waals surface area contributed by atoms with E-state index in [0.717, 1.165) is 32.3 Å². The quantitative estimate of drug-likeness (QED) is 0.400. The highest BCUT2D eigenvalue weighted by Gasteiger charge is 2.07. The predicted octanol–water partition coefficient (Wildman–Crippen LogP) is 3.10. The lowest BCUT2D eigenvalue weighted by Gasteiger charge is -2.13. The van der Waals surface area contributed by atoms with Gasteiger partial charge in [0.1, 0.15) is 0 Å². The number of unbranched alkanes of at least 4 members (excludes halogenated alkanes) is 1. The van der Waals surface area contributed by atoms with Gasteiger partial charge in [0, 0.05) is 39.1 Å². The summed E-state index contributed by atoms with van der Waals surface area (Å²) in [5.74, 6) is -0.0989. The van der Waals surface area contributed by atoms with Gasteiger partial charge in [-0.1, -0.05) is 25.0 Å². The van der Waals surface area contributed by atoms with E-state index in [1.165, 1.54) is 31.3 Å². The van der Waals surface area contributed by atoms with Crippen LogP contribution in [0.25, 0.3) is 0 Å². The Balaban J connectivity index is 1.93. The molecule has 0 spiro atoms. The van der Waals surface area contributed by atoms with Crippen LogP contribution in [-0.4, -0.2) is 38.1 Å². The largest absolute Gasteiger partial charge is 0.381 e. The Labute approximate surface area is 146 Å². The van der Waals surface area contributed by atoms with Gasteiger partial charge in [-0.3, -0.25) is 9.59 Å². The summed E-state index contributed by atoms with van der Waals surface area (Å²) >= 11 is 0. The van der Waals surface area contributed by atoms with Crippen LogP contribution in [0.3, 0.4) is 0 Å². The molecule has 138 valence electrons. The Kier molecular flexibility index (Phi) is 12.1. The molecule has 0 aromatic heterocycles. The average molecular weight is 338 g/mol. The molecule has 2 N–H and O–H groups in total. The zero-order valence-corrected chi connectivity index (χ0v) is 15.2. The molecule has 5 heteroatoms. The Hall–Kier alpha value is -1.36. The molecule has 0 atom stereocenters. The van der Waals surface area contributed by atoms with Crippen LogP contribution in [0, 0.1) is 0 Å². The molecule has 0 aromatic carbocycles. The van der Waals surface area contributed by atoms with E-state index in [1.807, 2.05) is 0 Å². The summed E-state index contributed by atoms with van der Waals surface area (Å²) in [7, 11) is 0. The van der Waals surface area contributed by atoms with Crippen LogP contribution in [-0.2, 0) is 14.3 Å². The molecule has 0 bridgehead atoms. The van der Waals surface area contributed by atoms with Crippen molar-refractivity contribution in [2.24, 2.45) is 0 Å². The van der Waals surface area contributed by atoms with E-state index in [0.29, 0.717) is 19.7 Å². The first-order valence-corrected chi connectivity index (χ1v) is 9.51. The van der Waals surface area contributed by atoms with Crippen molar-refractivity contribution in [2.75, 3.05) is 26.3 Å². The maximum atomic E-state index is 11.7. The standard InChI is InChI=1S/C19H34N2O3/c1-2-3-15-24-16-7-13-20-18(22)10-11-19(23)21-14-12-17-8-5-4-6-9-17/h8H,2-7,9-16H2,1H3,(H,20,22)(H,21,23). The topological polar surface area (TPSA) is 67.4 Å². The van der Waals surface area contributed by atoms with E-state index < -0.39 is 0 Å². The molecular weight excluding hydrogens is 304 g/mol. The van der Waals surface area contributed by atoms with E-state index in [-0.39, 0.29) is 24.7 Å². The SMILES string of the molecule is CCCCOCCCNC(=O)CCC(=O)NCCC1=CCCCC1. The van der Waals surface area contributed by atoms with E-state index in [4.69, 9.17) is 4.74 Å². The van der Waals surface area contributed by atoms with Gasteiger partial charge in [0.05, 0.1) is 0 Å². The lowest BCUT2D eigenvalue weighted by atomic mass is 9.97. The molecule has 24 heavy (non-hydrogen) atoms. The lowest BCUT2D eigenvalue weighted by Crippen LogP contribution is -2.29. The van der Waals surface area contributed by atoms with Gasteiger partial charge >= 0.3 is 0 Å². The fraction of sp³-hybridized carbons (Fsp3) is 0.789. The van der Waals surface area contributed by atoms with Crippen LogP contribution < -0.4 is 10.6 Å². The second-order valence-electron chi connectivity index (χ2n) is 6.38. The molecule has 0 radical (unpaired) electrons. The number of carbonyl (C=O) groups excluding carboxylic acids is 2. The summed E-state index contributed by atoms with van der Waals surface area (Å²) in [5.41, 5.74) is 1.46. The van der Waals surface area contributed by atoms with Gasteiger partial charge in [-0.2, -0.15) is 0 Å². The first-order valence-electron chi connectivity index (χ1n) is 9.51. The zero-order chi connectivity index (χ0) is 17.5. The Morgan fingerprint density at radius 3 is 2.42 bits per heavy atom. The van der Waals surface area contributed by atoms with Gasteiger partial charge < -0.3 is 15.4 Å². The van der Waals surface area contributed by atoms with Crippen molar-refractivity contribution in [1.29, 1.82) is 0 Å². The smallest absolute Gasteiger partial charge is 0.220 e. The third-order valence-corrected chi connectivity index (χ3v) is 4.16. The molecule has 2 amide bonds. The highest BCUT2D eigenvalue weighted by Crippen LogP contribution is 2.19. The highest BCUT2D eigenvalue weighted by atomic mass is 16.5. The van der Waals surface area contributed by atoms with Crippen molar-refractivity contribution in [2.45, 2.75) is 71.1 Å². The minimum atomic E-state index is -0.0614. The van der Waals surface area contributed by atoms with E-state index in [1.54, 1.807) is 0 Å². The molecular formula is C19H34N2O3. The molecule has 0 saturated carbocycles. The summed E-state index contributed by atoms with van der Waals surface area (Å²) < 4.78 is 5.43. The normalized spacial score (nSPS) is 14.1. The minimum absolute atomic E-state index is 0.0375. The van der Waals surface area contributed by atoms with Gasteiger partial charge in [0.25, 0.3) is 0 Å². The molecule has 0 aromatic rings. The Bertz CT molecular complexity index is 394. The molecule has 0 unspecified atom stereocenters. The van der Waals surface area contributed by atoms with Gasteiger partial charge in [-0.05, 0) is 44.9 Å². The number of amides is 2. The van der Waals surface area contributed by atoms with Crippen molar-refractivity contribution in [3.05, 3.63) is 11.6 Å². The molecule has 0 aliphatic heterocycles.